The van der Waals surface area contributed by atoms with Crippen LogP contribution in [0.1, 0.15) is 0 Å². The second kappa shape index (κ2) is 9.37. The van der Waals surface area contributed by atoms with Crippen LogP contribution in [0.3, 0.4) is 0 Å². The fraction of sp³-hybridized carbons (Fsp3) is 0. The summed E-state index contributed by atoms with van der Waals surface area (Å²) in [6.45, 7) is 0. The molecule has 3 heteroatoms. The second-order valence-corrected chi connectivity index (χ2v) is 6.56. The van der Waals surface area contributed by atoms with Gasteiger partial charge in [-0.25, -0.2) is 0 Å². The van der Waals surface area contributed by atoms with Crippen molar-refractivity contribution in [2.24, 2.45) is 0 Å². The van der Waals surface area contributed by atoms with E-state index >= 15 is 0 Å². The third-order valence-corrected chi connectivity index (χ3v) is 5.49. The minimum atomic E-state index is -0.446. The fourth-order valence-electron chi connectivity index (χ4n) is 2.18. The Hall–Kier alpha value is -0.663. The summed E-state index contributed by atoms with van der Waals surface area (Å²) in [5, 5.41) is 4.19. The second-order valence-electron chi connectivity index (χ2n) is 4.34. The van der Waals surface area contributed by atoms with Crippen molar-refractivity contribution >= 4 is 23.8 Å². The van der Waals surface area contributed by atoms with Gasteiger partial charge in [0.25, 0.3) is 0 Å². The first-order valence-electron chi connectivity index (χ1n) is 6.40. The molecule has 3 rings (SSSR count). The van der Waals surface area contributed by atoms with Gasteiger partial charge in [-0.15, -0.1) is 0 Å². The van der Waals surface area contributed by atoms with Gasteiger partial charge in [0, 0.05) is 39.0 Å². The standard InChI is InChI=1S/C18H15P.2Rh/c1-4-10-16(11-5-1)19(17-12-6-2-7-13-17)18-14-8-3-9-15-18;;/h1-15H;;. The van der Waals surface area contributed by atoms with Crippen LogP contribution in [-0.4, -0.2) is 0 Å². The monoisotopic (exact) mass is 468 g/mol. The quantitative estimate of drug-likeness (QED) is 0.409. The van der Waals surface area contributed by atoms with Crippen LogP contribution in [0, 0.1) is 0 Å². The van der Waals surface area contributed by atoms with Crippen molar-refractivity contribution < 1.29 is 39.0 Å². The SMILES string of the molecule is [Rh].[Rh].c1ccc(P(c2ccccc2)c2ccccc2)cc1. The third kappa shape index (κ3) is 4.65. The maximum absolute atomic E-state index is 2.23. The zero-order chi connectivity index (χ0) is 12.9. The molecule has 3 aromatic rings. The Morgan fingerprint density at radius 3 is 0.857 bits per heavy atom. The van der Waals surface area contributed by atoms with Gasteiger partial charge in [-0.1, -0.05) is 91.0 Å². The van der Waals surface area contributed by atoms with Crippen molar-refractivity contribution in [3.63, 3.8) is 0 Å². The number of benzene rings is 3. The van der Waals surface area contributed by atoms with E-state index in [0.717, 1.165) is 0 Å². The first-order chi connectivity index (χ1) is 9.45. The molecule has 3 aromatic carbocycles. The van der Waals surface area contributed by atoms with E-state index in [1.807, 2.05) is 0 Å². The van der Waals surface area contributed by atoms with E-state index in [0.29, 0.717) is 0 Å². The van der Waals surface area contributed by atoms with E-state index in [4.69, 9.17) is 0 Å². The molecule has 0 unspecified atom stereocenters. The van der Waals surface area contributed by atoms with Crippen molar-refractivity contribution in [2.45, 2.75) is 0 Å². The average molecular weight is 468 g/mol. The van der Waals surface area contributed by atoms with Gasteiger partial charge in [0.05, 0.1) is 0 Å². The molecule has 0 heterocycles. The molecule has 0 aromatic heterocycles. The van der Waals surface area contributed by atoms with E-state index in [1.54, 1.807) is 0 Å². The summed E-state index contributed by atoms with van der Waals surface area (Å²) in [6.07, 6.45) is 0. The molecule has 0 N–H and O–H groups in total. The molecule has 21 heavy (non-hydrogen) atoms. The molecule has 0 aliphatic heterocycles. The van der Waals surface area contributed by atoms with E-state index in [2.05, 4.69) is 91.0 Å². The van der Waals surface area contributed by atoms with Crippen LogP contribution in [-0.2, 0) is 39.0 Å². The minimum Gasteiger partial charge on any atom is -0.0622 e. The molecule has 0 atom stereocenters. The summed E-state index contributed by atoms with van der Waals surface area (Å²) in [6, 6.07) is 32.3. The Morgan fingerprint density at radius 2 is 0.619 bits per heavy atom. The molecular weight excluding hydrogens is 453 g/mol. The molecule has 2 radical (unpaired) electrons. The van der Waals surface area contributed by atoms with E-state index in [9.17, 15) is 0 Å². The first-order valence-corrected chi connectivity index (χ1v) is 7.74. The topological polar surface area (TPSA) is 0 Å². The third-order valence-electron chi connectivity index (χ3n) is 3.04. The summed E-state index contributed by atoms with van der Waals surface area (Å²) in [5.41, 5.74) is 0. The summed E-state index contributed by atoms with van der Waals surface area (Å²) >= 11 is 0. The zero-order valence-electron chi connectivity index (χ0n) is 11.3. The van der Waals surface area contributed by atoms with Crippen LogP contribution in [0.5, 0.6) is 0 Å². The van der Waals surface area contributed by atoms with Crippen LogP contribution in [0.15, 0.2) is 91.0 Å². The van der Waals surface area contributed by atoms with Gasteiger partial charge in [0.2, 0.25) is 0 Å². The fourth-order valence-corrected chi connectivity index (χ4v) is 4.48. The van der Waals surface area contributed by atoms with Crippen molar-refractivity contribution in [2.75, 3.05) is 0 Å². The molecule has 0 aliphatic carbocycles. The predicted octanol–water partition coefficient (Wildman–Crippen LogP) is 3.44. The summed E-state index contributed by atoms with van der Waals surface area (Å²) in [5.74, 6) is 0. The van der Waals surface area contributed by atoms with Crippen LogP contribution in [0.4, 0.5) is 0 Å². The Kier molecular flexibility index (Phi) is 8.21. The summed E-state index contributed by atoms with van der Waals surface area (Å²) in [4.78, 5) is 0. The summed E-state index contributed by atoms with van der Waals surface area (Å²) < 4.78 is 0. The minimum absolute atomic E-state index is 0. The first kappa shape index (κ1) is 18.4. The normalized spacial score (nSPS) is 9.57. The Balaban J connectivity index is 0.00000110. The van der Waals surface area contributed by atoms with Crippen LogP contribution < -0.4 is 15.9 Å². The van der Waals surface area contributed by atoms with Gasteiger partial charge < -0.3 is 0 Å². The maximum Gasteiger partial charge on any atom is 0 e. The van der Waals surface area contributed by atoms with Gasteiger partial charge in [-0.3, -0.25) is 0 Å². The molecule has 0 spiro atoms. The molecular formula is C18H15PRh2. The van der Waals surface area contributed by atoms with Crippen molar-refractivity contribution in [1.82, 2.24) is 0 Å². The molecule has 0 nitrogen and oxygen atoms in total. The van der Waals surface area contributed by atoms with Gasteiger partial charge in [0.1, 0.15) is 0 Å². The number of rotatable bonds is 3. The Morgan fingerprint density at radius 1 is 0.381 bits per heavy atom. The molecule has 110 valence electrons. The van der Waals surface area contributed by atoms with E-state index in [-0.39, 0.29) is 39.0 Å². The molecule has 0 bridgehead atoms. The van der Waals surface area contributed by atoms with Crippen molar-refractivity contribution in [1.29, 1.82) is 0 Å². The molecule has 0 aliphatic rings. The van der Waals surface area contributed by atoms with Gasteiger partial charge in [-0.05, 0) is 23.8 Å². The van der Waals surface area contributed by atoms with Crippen molar-refractivity contribution in [3.05, 3.63) is 91.0 Å². The van der Waals surface area contributed by atoms with Crippen LogP contribution in [0.2, 0.25) is 0 Å². The van der Waals surface area contributed by atoms with E-state index < -0.39 is 7.92 Å². The largest absolute Gasteiger partial charge is 0.0622 e. The molecule has 0 saturated carbocycles. The Labute approximate surface area is 153 Å². The van der Waals surface area contributed by atoms with E-state index in [1.165, 1.54) is 15.9 Å². The Bertz CT molecular complexity index is 533. The van der Waals surface area contributed by atoms with Gasteiger partial charge in [0.15, 0.2) is 0 Å². The maximum atomic E-state index is 2.23. The van der Waals surface area contributed by atoms with Gasteiger partial charge >= 0.3 is 0 Å². The number of hydrogen-bond donors (Lipinski definition) is 0. The smallest absolute Gasteiger partial charge is 0 e. The molecule has 0 saturated heterocycles. The molecule has 0 amide bonds. The molecule has 0 fully saturated rings. The average Bonchev–Trinajstić information content (AvgIpc) is 2.51. The predicted molar refractivity (Wildman–Crippen MR) is 85.1 cm³/mol. The van der Waals surface area contributed by atoms with Crippen molar-refractivity contribution in [3.8, 4) is 0 Å². The summed E-state index contributed by atoms with van der Waals surface area (Å²) in [7, 11) is -0.446. The van der Waals surface area contributed by atoms with Crippen LogP contribution >= 0.6 is 7.92 Å². The van der Waals surface area contributed by atoms with Gasteiger partial charge in [-0.2, -0.15) is 0 Å². The van der Waals surface area contributed by atoms with Crippen LogP contribution in [0.25, 0.3) is 0 Å². The number of hydrogen-bond acceptors (Lipinski definition) is 0. The zero-order valence-corrected chi connectivity index (χ0v) is 15.4.